The first-order valence-electron chi connectivity index (χ1n) is 7.40. The van der Waals surface area contributed by atoms with Gasteiger partial charge in [0.25, 0.3) is 0 Å². The molecule has 0 spiro atoms. The van der Waals surface area contributed by atoms with E-state index in [0.717, 1.165) is 12.1 Å². The van der Waals surface area contributed by atoms with Crippen LogP contribution in [0.25, 0.3) is 22.4 Å². The lowest BCUT2D eigenvalue weighted by Gasteiger charge is -2.11. The molecule has 2 aromatic carbocycles. The van der Waals surface area contributed by atoms with Gasteiger partial charge in [-0.3, -0.25) is 4.98 Å². The molecule has 0 N–H and O–H groups in total. The summed E-state index contributed by atoms with van der Waals surface area (Å²) in [4.78, 5) is 4.69. The standard InChI is InChI=1S/C20H19N/c1-3-16-13-20(18-12-8-7-9-15(18)2)21-14-19(16)17-10-5-4-6-11-17/h4-14H,3H2,1-2H3. The number of rotatable bonds is 3. The number of hydrogen-bond acceptors (Lipinski definition) is 1. The molecule has 0 aliphatic carbocycles. The fourth-order valence-electron chi connectivity index (χ4n) is 2.67. The van der Waals surface area contributed by atoms with E-state index >= 15 is 0 Å². The first-order valence-corrected chi connectivity index (χ1v) is 7.40. The maximum Gasteiger partial charge on any atom is 0.0707 e. The van der Waals surface area contributed by atoms with Crippen molar-refractivity contribution in [3.05, 3.63) is 78.0 Å². The zero-order valence-electron chi connectivity index (χ0n) is 12.5. The van der Waals surface area contributed by atoms with Crippen LogP contribution in [0.1, 0.15) is 18.1 Å². The molecule has 1 nitrogen and oxygen atoms in total. The van der Waals surface area contributed by atoms with Crippen LogP contribution in [0.4, 0.5) is 0 Å². The highest BCUT2D eigenvalue weighted by molar-refractivity contribution is 5.71. The average molecular weight is 273 g/mol. The maximum absolute atomic E-state index is 4.69. The largest absolute Gasteiger partial charge is 0.256 e. The molecule has 0 bridgehead atoms. The molecule has 1 heterocycles. The zero-order chi connectivity index (χ0) is 14.7. The number of aromatic nitrogens is 1. The summed E-state index contributed by atoms with van der Waals surface area (Å²) in [7, 11) is 0. The minimum atomic E-state index is 1.01. The third kappa shape index (κ3) is 2.73. The lowest BCUT2D eigenvalue weighted by molar-refractivity contribution is 1.12. The fourth-order valence-corrected chi connectivity index (χ4v) is 2.67. The van der Waals surface area contributed by atoms with E-state index in [1.165, 1.54) is 27.8 Å². The zero-order valence-corrected chi connectivity index (χ0v) is 12.5. The van der Waals surface area contributed by atoms with Crippen LogP contribution in [0.2, 0.25) is 0 Å². The number of nitrogens with zero attached hydrogens (tertiary/aromatic N) is 1. The molecule has 1 heteroatoms. The highest BCUT2D eigenvalue weighted by Gasteiger charge is 2.08. The van der Waals surface area contributed by atoms with Gasteiger partial charge < -0.3 is 0 Å². The molecule has 3 aromatic rings. The van der Waals surface area contributed by atoms with Gasteiger partial charge in [-0.25, -0.2) is 0 Å². The van der Waals surface area contributed by atoms with Crippen molar-refractivity contribution in [2.45, 2.75) is 20.3 Å². The molecule has 0 saturated heterocycles. The average Bonchev–Trinajstić information content (AvgIpc) is 2.55. The van der Waals surface area contributed by atoms with Gasteiger partial charge in [0.2, 0.25) is 0 Å². The normalized spacial score (nSPS) is 10.6. The van der Waals surface area contributed by atoms with Crippen molar-refractivity contribution in [3.63, 3.8) is 0 Å². The van der Waals surface area contributed by atoms with E-state index in [-0.39, 0.29) is 0 Å². The number of hydrogen-bond donors (Lipinski definition) is 0. The molecule has 0 atom stereocenters. The van der Waals surface area contributed by atoms with Crippen molar-refractivity contribution in [3.8, 4) is 22.4 Å². The number of aryl methyl sites for hydroxylation is 2. The molecule has 0 aliphatic heterocycles. The summed E-state index contributed by atoms with van der Waals surface area (Å²) in [6.07, 6.45) is 3.02. The predicted octanol–water partition coefficient (Wildman–Crippen LogP) is 5.29. The van der Waals surface area contributed by atoms with Crippen molar-refractivity contribution in [1.29, 1.82) is 0 Å². The van der Waals surface area contributed by atoms with E-state index in [4.69, 9.17) is 4.98 Å². The second kappa shape index (κ2) is 5.92. The van der Waals surface area contributed by atoms with Crippen LogP contribution in [0.15, 0.2) is 66.9 Å². The number of pyridine rings is 1. The molecule has 0 saturated carbocycles. The van der Waals surface area contributed by atoms with Crippen LogP contribution in [0, 0.1) is 6.92 Å². The van der Waals surface area contributed by atoms with E-state index in [9.17, 15) is 0 Å². The Morgan fingerprint density at radius 1 is 0.857 bits per heavy atom. The van der Waals surface area contributed by atoms with Gasteiger partial charge in [-0.15, -0.1) is 0 Å². The van der Waals surface area contributed by atoms with Crippen LogP contribution in [-0.4, -0.2) is 4.98 Å². The summed E-state index contributed by atoms with van der Waals surface area (Å²) in [6, 6.07) is 21.1. The SMILES string of the molecule is CCc1cc(-c2ccccc2C)ncc1-c1ccccc1. The summed E-state index contributed by atoms with van der Waals surface area (Å²) in [6.45, 7) is 4.33. The lowest BCUT2D eigenvalue weighted by atomic mass is 9.97. The minimum Gasteiger partial charge on any atom is -0.256 e. The summed E-state index contributed by atoms with van der Waals surface area (Å²) in [5.74, 6) is 0. The molecule has 0 amide bonds. The Bertz CT molecular complexity index is 745. The third-order valence-electron chi connectivity index (χ3n) is 3.88. The van der Waals surface area contributed by atoms with E-state index in [0.29, 0.717) is 0 Å². The van der Waals surface area contributed by atoms with Crippen molar-refractivity contribution in [2.24, 2.45) is 0 Å². The number of benzene rings is 2. The highest BCUT2D eigenvalue weighted by atomic mass is 14.7. The van der Waals surface area contributed by atoms with Crippen LogP contribution in [0.5, 0.6) is 0 Å². The second-order valence-electron chi connectivity index (χ2n) is 5.26. The molecule has 21 heavy (non-hydrogen) atoms. The van der Waals surface area contributed by atoms with Gasteiger partial charge in [0.05, 0.1) is 5.69 Å². The van der Waals surface area contributed by atoms with Gasteiger partial charge in [0.1, 0.15) is 0 Å². The third-order valence-corrected chi connectivity index (χ3v) is 3.88. The second-order valence-corrected chi connectivity index (χ2v) is 5.26. The van der Waals surface area contributed by atoms with Gasteiger partial charge in [0.15, 0.2) is 0 Å². The first kappa shape index (κ1) is 13.6. The van der Waals surface area contributed by atoms with Gasteiger partial charge in [-0.2, -0.15) is 0 Å². The summed E-state index contributed by atoms with van der Waals surface area (Å²) < 4.78 is 0. The molecule has 104 valence electrons. The van der Waals surface area contributed by atoms with Gasteiger partial charge in [0, 0.05) is 17.3 Å². The molecule has 1 aromatic heterocycles. The maximum atomic E-state index is 4.69. The molecule has 3 rings (SSSR count). The summed E-state index contributed by atoms with van der Waals surface area (Å²) in [5.41, 5.74) is 7.35. The van der Waals surface area contributed by atoms with Gasteiger partial charge in [-0.05, 0) is 36.1 Å². The Morgan fingerprint density at radius 2 is 1.57 bits per heavy atom. The fraction of sp³-hybridized carbons (Fsp3) is 0.150. The summed E-state index contributed by atoms with van der Waals surface area (Å²) in [5, 5.41) is 0. The topological polar surface area (TPSA) is 12.9 Å². The first-order chi connectivity index (χ1) is 10.3. The van der Waals surface area contributed by atoms with Gasteiger partial charge in [-0.1, -0.05) is 61.5 Å². The van der Waals surface area contributed by atoms with E-state index in [2.05, 4.69) is 68.4 Å². The van der Waals surface area contributed by atoms with Crippen molar-refractivity contribution < 1.29 is 0 Å². The Kier molecular flexibility index (Phi) is 3.83. The van der Waals surface area contributed by atoms with Gasteiger partial charge >= 0.3 is 0 Å². The molecule has 0 aliphatic rings. The minimum absolute atomic E-state index is 1.01. The van der Waals surface area contributed by atoms with Crippen LogP contribution in [-0.2, 0) is 6.42 Å². The van der Waals surface area contributed by atoms with Crippen LogP contribution < -0.4 is 0 Å². The smallest absolute Gasteiger partial charge is 0.0707 e. The molecule has 0 radical (unpaired) electrons. The van der Waals surface area contributed by atoms with Crippen molar-refractivity contribution in [1.82, 2.24) is 4.98 Å². The van der Waals surface area contributed by atoms with Crippen LogP contribution >= 0.6 is 0 Å². The Balaban J connectivity index is 2.10. The Morgan fingerprint density at radius 3 is 2.29 bits per heavy atom. The molecule has 0 unspecified atom stereocenters. The molecular formula is C20H19N. The molecule has 0 fully saturated rings. The predicted molar refractivity (Wildman–Crippen MR) is 89.2 cm³/mol. The highest BCUT2D eigenvalue weighted by Crippen LogP contribution is 2.28. The Labute approximate surface area is 126 Å². The van der Waals surface area contributed by atoms with Crippen molar-refractivity contribution >= 4 is 0 Å². The monoisotopic (exact) mass is 273 g/mol. The lowest BCUT2D eigenvalue weighted by Crippen LogP contribution is -1.93. The van der Waals surface area contributed by atoms with E-state index in [1.54, 1.807) is 0 Å². The van der Waals surface area contributed by atoms with Crippen LogP contribution in [0.3, 0.4) is 0 Å². The Hall–Kier alpha value is -2.41. The van der Waals surface area contributed by atoms with E-state index in [1.807, 2.05) is 12.3 Å². The van der Waals surface area contributed by atoms with Crippen molar-refractivity contribution in [2.75, 3.05) is 0 Å². The quantitative estimate of drug-likeness (QED) is 0.632. The molecular weight excluding hydrogens is 254 g/mol. The van der Waals surface area contributed by atoms with E-state index < -0.39 is 0 Å². The summed E-state index contributed by atoms with van der Waals surface area (Å²) >= 11 is 0.